The first-order valence-corrected chi connectivity index (χ1v) is 14.0. The molecule has 0 fully saturated rings. The number of aryl methyl sites for hydroxylation is 1. The van der Waals surface area contributed by atoms with Crippen LogP contribution in [0.5, 0.6) is 0 Å². The summed E-state index contributed by atoms with van der Waals surface area (Å²) in [6.45, 7) is 6.38. The molecule has 2 heterocycles. The highest BCUT2D eigenvalue weighted by molar-refractivity contribution is 8.00. The summed E-state index contributed by atoms with van der Waals surface area (Å²) in [6, 6.07) is 14.6. The lowest BCUT2D eigenvalue weighted by Crippen LogP contribution is -2.34. The highest BCUT2D eigenvalue weighted by atomic mass is 32.2. The fourth-order valence-electron chi connectivity index (χ4n) is 4.06. The summed E-state index contributed by atoms with van der Waals surface area (Å²) in [5.41, 5.74) is 3.50. The molecule has 2 N–H and O–H groups in total. The minimum absolute atomic E-state index is 0.0268. The first-order chi connectivity index (χ1) is 18.2. The van der Waals surface area contributed by atoms with Gasteiger partial charge in [0.1, 0.15) is 5.00 Å². The molecule has 3 amide bonds. The summed E-state index contributed by atoms with van der Waals surface area (Å²) in [4.78, 5) is 53.4. The number of nitrogens with one attached hydrogen (secondary N) is 2. The van der Waals surface area contributed by atoms with E-state index in [9.17, 15) is 19.2 Å². The molecule has 0 spiro atoms. The summed E-state index contributed by atoms with van der Waals surface area (Å²) in [6.07, 6.45) is 0.533. The van der Waals surface area contributed by atoms with Crippen molar-refractivity contribution in [2.45, 2.75) is 38.6 Å². The Hall–Kier alpha value is -3.63. The average molecular weight is 552 g/mol. The van der Waals surface area contributed by atoms with Crippen molar-refractivity contribution in [2.75, 3.05) is 29.5 Å². The van der Waals surface area contributed by atoms with E-state index in [1.54, 1.807) is 30.0 Å². The Kier molecular flexibility index (Phi) is 8.85. The summed E-state index contributed by atoms with van der Waals surface area (Å²) in [5, 5.41) is 6.21. The summed E-state index contributed by atoms with van der Waals surface area (Å²) in [5.74, 6) is -0.861. The fraction of sp³-hybridized carbons (Fsp3) is 0.286. The number of hydrogen-bond acceptors (Lipinski definition) is 7. The largest absolute Gasteiger partial charge is 0.462 e. The van der Waals surface area contributed by atoms with Crippen molar-refractivity contribution in [1.82, 2.24) is 4.90 Å². The third kappa shape index (κ3) is 6.62. The third-order valence-corrected chi connectivity index (χ3v) is 8.14. The average Bonchev–Trinajstić information content (AvgIpc) is 3.25. The van der Waals surface area contributed by atoms with Crippen LogP contribution in [0.1, 0.15) is 50.6 Å². The molecule has 0 radical (unpaired) electrons. The maximum atomic E-state index is 12.9. The zero-order valence-corrected chi connectivity index (χ0v) is 23.1. The van der Waals surface area contributed by atoms with Crippen molar-refractivity contribution < 1.29 is 23.9 Å². The molecule has 8 nitrogen and oxygen atoms in total. The third-order valence-electron chi connectivity index (χ3n) is 6.01. The number of rotatable bonds is 8. The fourth-order valence-corrected chi connectivity index (χ4v) is 6.09. The van der Waals surface area contributed by atoms with Gasteiger partial charge in [-0.15, -0.1) is 23.1 Å². The van der Waals surface area contributed by atoms with Gasteiger partial charge in [-0.05, 0) is 56.2 Å². The standard InChI is InChI=1S/C28H29N3O5S2/c1-4-36-28(35)25-22-12-13-31(18(3)32)15-23(22)38-27(25)30-24(33)16-37-21-7-5-6-20(14-21)29-26(34)19-10-8-17(2)9-11-19/h5-11,14H,4,12-13,15-16H2,1-3H3,(H,29,34)(H,30,33). The van der Waals surface area contributed by atoms with E-state index in [1.165, 1.54) is 30.0 Å². The predicted octanol–water partition coefficient (Wildman–Crippen LogP) is 5.12. The van der Waals surface area contributed by atoms with Gasteiger partial charge in [0.05, 0.1) is 24.5 Å². The van der Waals surface area contributed by atoms with Crippen LogP contribution in [0.4, 0.5) is 10.7 Å². The topological polar surface area (TPSA) is 105 Å². The number of amides is 3. The van der Waals surface area contributed by atoms with Gasteiger partial charge in [0.25, 0.3) is 5.91 Å². The second-order valence-corrected chi connectivity index (χ2v) is 11.0. The van der Waals surface area contributed by atoms with Crippen molar-refractivity contribution in [3.63, 3.8) is 0 Å². The molecule has 0 saturated carbocycles. The Balaban J connectivity index is 1.41. The molecular formula is C28H29N3O5S2. The van der Waals surface area contributed by atoms with Crippen molar-refractivity contribution >= 4 is 57.5 Å². The van der Waals surface area contributed by atoms with E-state index >= 15 is 0 Å². The number of nitrogens with zero attached hydrogens (tertiary/aromatic N) is 1. The van der Waals surface area contributed by atoms with Crippen molar-refractivity contribution in [3.8, 4) is 0 Å². The zero-order valence-electron chi connectivity index (χ0n) is 21.5. The second-order valence-electron chi connectivity index (χ2n) is 8.80. The Labute approximate surface area is 229 Å². The van der Waals surface area contributed by atoms with Gasteiger partial charge in [0.15, 0.2) is 0 Å². The van der Waals surface area contributed by atoms with Crippen LogP contribution in [0.15, 0.2) is 53.4 Å². The lowest BCUT2D eigenvalue weighted by Gasteiger charge is -2.25. The molecule has 1 aliphatic rings. The lowest BCUT2D eigenvalue weighted by atomic mass is 10.0. The summed E-state index contributed by atoms with van der Waals surface area (Å²) in [7, 11) is 0. The first kappa shape index (κ1) is 27.4. The van der Waals surface area contributed by atoms with Gasteiger partial charge in [0, 0.05) is 34.5 Å². The normalized spacial score (nSPS) is 12.4. The molecule has 2 aromatic carbocycles. The molecule has 198 valence electrons. The van der Waals surface area contributed by atoms with E-state index in [-0.39, 0.29) is 30.1 Å². The smallest absolute Gasteiger partial charge is 0.341 e. The van der Waals surface area contributed by atoms with Gasteiger partial charge >= 0.3 is 5.97 Å². The highest BCUT2D eigenvalue weighted by Crippen LogP contribution is 2.38. The van der Waals surface area contributed by atoms with Gasteiger partial charge in [-0.25, -0.2) is 4.79 Å². The first-order valence-electron chi connectivity index (χ1n) is 12.2. The minimum atomic E-state index is -0.471. The molecular weight excluding hydrogens is 522 g/mol. The van der Waals surface area contributed by atoms with Crippen molar-refractivity contribution in [3.05, 3.63) is 75.7 Å². The molecule has 1 aromatic heterocycles. The maximum absolute atomic E-state index is 12.9. The zero-order chi connectivity index (χ0) is 27.2. The molecule has 38 heavy (non-hydrogen) atoms. The molecule has 0 atom stereocenters. The molecule has 1 aliphatic heterocycles. The lowest BCUT2D eigenvalue weighted by molar-refractivity contribution is -0.129. The molecule has 10 heteroatoms. The Morgan fingerprint density at radius 1 is 1.08 bits per heavy atom. The van der Waals surface area contributed by atoms with E-state index in [0.29, 0.717) is 41.3 Å². The predicted molar refractivity (Wildman–Crippen MR) is 150 cm³/mol. The van der Waals surface area contributed by atoms with E-state index < -0.39 is 5.97 Å². The van der Waals surface area contributed by atoms with E-state index in [4.69, 9.17) is 4.74 Å². The molecule has 0 aliphatic carbocycles. The number of carbonyl (C=O) groups excluding carboxylic acids is 4. The number of anilines is 2. The van der Waals surface area contributed by atoms with Gasteiger partial charge in [-0.3, -0.25) is 14.4 Å². The van der Waals surface area contributed by atoms with E-state index in [0.717, 1.165) is 20.9 Å². The van der Waals surface area contributed by atoms with Crippen LogP contribution in [0.2, 0.25) is 0 Å². The number of thioether (sulfide) groups is 1. The number of ether oxygens (including phenoxy) is 1. The second kappa shape index (κ2) is 12.3. The number of hydrogen-bond donors (Lipinski definition) is 2. The van der Waals surface area contributed by atoms with Crippen LogP contribution in [-0.4, -0.2) is 47.5 Å². The van der Waals surface area contributed by atoms with Gasteiger partial charge < -0.3 is 20.3 Å². The SMILES string of the molecule is CCOC(=O)c1c(NC(=O)CSc2cccc(NC(=O)c3ccc(C)cc3)c2)sc2c1CCN(C(C)=O)C2. The molecule has 0 unspecified atom stereocenters. The number of carbonyl (C=O) groups is 4. The van der Waals surface area contributed by atoms with Crippen molar-refractivity contribution in [2.24, 2.45) is 0 Å². The molecule has 4 rings (SSSR count). The molecule has 3 aromatic rings. The number of benzene rings is 2. The number of thiophene rings is 1. The van der Waals surface area contributed by atoms with Crippen LogP contribution in [-0.2, 0) is 27.3 Å². The Morgan fingerprint density at radius 2 is 1.84 bits per heavy atom. The minimum Gasteiger partial charge on any atom is -0.462 e. The van der Waals surface area contributed by atoms with Crippen LogP contribution in [0, 0.1) is 6.92 Å². The van der Waals surface area contributed by atoms with E-state index in [2.05, 4.69) is 10.6 Å². The van der Waals surface area contributed by atoms with Gasteiger partial charge in [-0.2, -0.15) is 0 Å². The molecule has 0 saturated heterocycles. The molecule has 0 bridgehead atoms. The quantitative estimate of drug-likeness (QED) is 0.297. The van der Waals surface area contributed by atoms with Crippen LogP contribution in [0.3, 0.4) is 0 Å². The maximum Gasteiger partial charge on any atom is 0.341 e. The van der Waals surface area contributed by atoms with Crippen LogP contribution >= 0.6 is 23.1 Å². The Bertz CT molecular complexity index is 1370. The highest BCUT2D eigenvalue weighted by Gasteiger charge is 2.30. The monoisotopic (exact) mass is 551 g/mol. The number of fused-ring (bicyclic) bond motifs is 1. The number of esters is 1. The summed E-state index contributed by atoms with van der Waals surface area (Å²) >= 11 is 2.63. The van der Waals surface area contributed by atoms with Gasteiger partial charge in [0.2, 0.25) is 11.8 Å². The van der Waals surface area contributed by atoms with Gasteiger partial charge in [-0.1, -0.05) is 23.8 Å². The van der Waals surface area contributed by atoms with Crippen LogP contribution in [0.25, 0.3) is 0 Å². The Morgan fingerprint density at radius 3 is 2.55 bits per heavy atom. The van der Waals surface area contributed by atoms with Crippen LogP contribution < -0.4 is 10.6 Å². The van der Waals surface area contributed by atoms with E-state index in [1.807, 2.05) is 37.3 Å². The van der Waals surface area contributed by atoms with Crippen molar-refractivity contribution in [1.29, 1.82) is 0 Å². The summed E-state index contributed by atoms with van der Waals surface area (Å²) < 4.78 is 5.26.